The predicted molar refractivity (Wildman–Crippen MR) is 86.4 cm³/mol. The highest BCUT2D eigenvalue weighted by Crippen LogP contribution is 2.36. The van der Waals surface area contributed by atoms with E-state index >= 15 is 0 Å². The summed E-state index contributed by atoms with van der Waals surface area (Å²) in [7, 11) is 0. The molecule has 1 nitrogen and oxygen atoms in total. The molecule has 0 heterocycles. The lowest BCUT2D eigenvalue weighted by Gasteiger charge is -2.14. The first kappa shape index (κ1) is 15.5. The van der Waals surface area contributed by atoms with Crippen LogP contribution in [0.25, 0.3) is 0 Å². The lowest BCUT2D eigenvalue weighted by atomic mass is 10.0. The molecular weight excluding hydrogens is 315 g/mol. The second kappa shape index (κ2) is 7.21. The maximum absolute atomic E-state index is 6.52. The fourth-order valence-electron chi connectivity index (χ4n) is 1.87. The van der Waals surface area contributed by atoms with Gasteiger partial charge < -0.3 is 4.74 Å². The molecule has 2 aromatic carbocycles. The lowest BCUT2D eigenvalue weighted by Crippen LogP contribution is -1.98. The molecule has 0 aliphatic carbocycles. The minimum atomic E-state index is -0.355. The van der Waals surface area contributed by atoms with Crippen molar-refractivity contribution in [1.82, 2.24) is 0 Å². The second-order valence-corrected chi connectivity index (χ2v) is 5.73. The monoisotopic (exact) mass is 328 g/mol. The minimum absolute atomic E-state index is 0.355. The summed E-state index contributed by atoms with van der Waals surface area (Å²) in [5.41, 5.74) is 1.73. The zero-order chi connectivity index (χ0) is 14.5. The van der Waals surface area contributed by atoms with Gasteiger partial charge in [-0.05, 0) is 47.9 Å². The quantitative estimate of drug-likeness (QED) is 0.601. The Labute approximate surface area is 134 Å². The van der Waals surface area contributed by atoms with Crippen LogP contribution < -0.4 is 4.74 Å². The Hall–Kier alpha value is -0.890. The van der Waals surface area contributed by atoms with E-state index in [2.05, 4.69) is 6.92 Å². The van der Waals surface area contributed by atoms with Crippen molar-refractivity contribution in [1.29, 1.82) is 0 Å². The van der Waals surface area contributed by atoms with Gasteiger partial charge in [-0.1, -0.05) is 42.3 Å². The maximum atomic E-state index is 6.52. The molecule has 0 saturated heterocycles. The number of ether oxygens (including phenoxy) is 1. The molecule has 106 valence electrons. The third kappa shape index (κ3) is 3.82. The van der Waals surface area contributed by atoms with Crippen molar-refractivity contribution < 1.29 is 4.74 Å². The van der Waals surface area contributed by atoms with Crippen LogP contribution in [-0.2, 0) is 0 Å². The maximum Gasteiger partial charge on any atom is 0.119 e. The van der Waals surface area contributed by atoms with Gasteiger partial charge >= 0.3 is 0 Å². The highest BCUT2D eigenvalue weighted by molar-refractivity contribution is 6.35. The molecule has 1 unspecified atom stereocenters. The smallest absolute Gasteiger partial charge is 0.119 e. The Kier molecular flexibility index (Phi) is 5.59. The van der Waals surface area contributed by atoms with Gasteiger partial charge in [0.1, 0.15) is 5.75 Å². The van der Waals surface area contributed by atoms with Crippen LogP contribution in [0.15, 0.2) is 42.5 Å². The molecule has 0 N–H and O–H groups in total. The van der Waals surface area contributed by atoms with E-state index in [4.69, 9.17) is 39.5 Å². The highest BCUT2D eigenvalue weighted by Gasteiger charge is 2.15. The third-order valence-corrected chi connectivity index (χ3v) is 3.92. The Morgan fingerprint density at radius 1 is 1.10 bits per heavy atom. The minimum Gasteiger partial charge on any atom is -0.494 e. The summed E-state index contributed by atoms with van der Waals surface area (Å²) in [5.74, 6) is 0.813. The summed E-state index contributed by atoms with van der Waals surface area (Å²) in [5, 5.41) is 0.870. The molecule has 0 spiro atoms. The average Bonchev–Trinajstić information content (AvgIpc) is 2.47. The lowest BCUT2D eigenvalue weighted by molar-refractivity contribution is 0.317. The molecular formula is C16H15Cl3O. The summed E-state index contributed by atoms with van der Waals surface area (Å²) in [6, 6.07) is 13.0. The normalized spacial score (nSPS) is 12.2. The van der Waals surface area contributed by atoms with Gasteiger partial charge in [0.25, 0.3) is 0 Å². The van der Waals surface area contributed by atoms with E-state index in [0.717, 1.165) is 23.3 Å². The van der Waals surface area contributed by atoms with Gasteiger partial charge in [-0.15, -0.1) is 11.6 Å². The molecule has 0 radical (unpaired) electrons. The Morgan fingerprint density at radius 3 is 2.65 bits per heavy atom. The number of hydrogen-bond donors (Lipinski definition) is 0. The van der Waals surface area contributed by atoms with E-state index in [9.17, 15) is 0 Å². The fraction of sp³-hybridized carbons (Fsp3) is 0.250. The van der Waals surface area contributed by atoms with E-state index in [0.29, 0.717) is 16.7 Å². The van der Waals surface area contributed by atoms with Crippen LogP contribution >= 0.6 is 34.8 Å². The Bertz CT molecular complexity index is 584. The first-order chi connectivity index (χ1) is 9.61. The summed E-state index contributed by atoms with van der Waals surface area (Å²) >= 11 is 18.7. The SMILES string of the molecule is CCCOc1cccc(C(Cl)c2cc(Cl)ccc2Cl)c1. The van der Waals surface area contributed by atoms with E-state index in [1.165, 1.54) is 0 Å². The number of halogens is 3. The van der Waals surface area contributed by atoms with Gasteiger partial charge in [0.05, 0.1) is 12.0 Å². The van der Waals surface area contributed by atoms with Crippen LogP contribution in [0.2, 0.25) is 10.0 Å². The predicted octanol–water partition coefficient (Wildman–Crippen LogP) is 6.11. The standard InChI is InChI=1S/C16H15Cl3O/c1-2-8-20-13-5-3-4-11(9-13)16(19)14-10-12(17)6-7-15(14)18/h3-7,9-10,16H,2,8H2,1H3. The molecule has 0 aromatic heterocycles. The molecule has 2 rings (SSSR count). The average molecular weight is 330 g/mol. The van der Waals surface area contributed by atoms with Gasteiger partial charge in [-0.2, -0.15) is 0 Å². The van der Waals surface area contributed by atoms with Gasteiger partial charge in [0.2, 0.25) is 0 Å². The zero-order valence-electron chi connectivity index (χ0n) is 11.1. The van der Waals surface area contributed by atoms with Crippen LogP contribution in [-0.4, -0.2) is 6.61 Å². The molecule has 0 fully saturated rings. The fourth-order valence-corrected chi connectivity index (χ4v) is 2.65. The van der Waals surface area contributed by atoms with Crippen LogP contribution in [0.4, 0.5) is 0 Å². The van der Waals surface area contributed by atoms with E-state index in [-0.39, 0.29) is 5.38 Å². The first-order valence-electron chi connectivity index (χ1n) is 6.43. The van der Waals surface area contributed by atoms with Crippen LogP contribution in [0.3, 0.4) is 0 Å². The molecule has 4 heteroatoms. The summed E-state index contributed by atoms with van der Waals surface area (Å²) in [6.07, 6.45) is 0.967. The Balaban J connectivity index is 2.28. The van der Waals surface area contributed by atoms with E-state index in [1.54, 1.807) is 18.2 Å². The summed E-state index contributed by atoms with van der Waals surface area (Å²) < 4.78 is 5.62. The molecule has 0 amide bonds. The highest BCUT2D eigenvalue weighted by atomic mass is 35.5. The molecule has 20 heavy (non-hydrogen) atoms. The summed E-state index contributed by atoms with van der Waals surface area (Å²) in [6.45, 7) is 2.76. The van der Waals surface area contributed by atoms with Gasteiger partial charge in [0.15, 0.2) is 0 Å². The molecule has 0 aliphatic heterocycles. The van der Waals surface area contributed by atoms with E-state index in [1.807, 2.05) is 24.3 Å². The van der Waals surface area contributed by atoms with Crippen LogP contribution in [0.1, 0.15) is 29.8 Å². The van der Waals surface area contributed by atoms with Crippen molar-refractivity contribution in [3.63, 3.8) is 0 Å². The molecule has 0 aliphatic rings. The number of rotatable bonds is 5. The second-order valence-electron chi connectivity index (χ2n) is 4.45. The zero-order valence-corrected chi connectivity index (χ0v) is 13.3. The van der Waals surface area contributed by atoms with Crippen molar-refractivity contribution in [2.75, 3.05) is 6.61 Å². The van der Waals surface area contributed by atoms with E-state index < -0.39 is 0 Å². The number of alkyl halides is 1. The molecule has 2 aromatic rings. The largest absolute Gasteiger partial charge is 0.494 e. The van der Waals surface area contributed by atoms with Gasteiger partial charge in [-0.25, -0.2) is 0 Å². The summed E-state index contributed by atoms with van der Waals surface area (Å²) in [4.78, 5) is 0. The molecule has 1 atom stereocenters. The molecule has 0 saturated carbocycles. The van der Waals surface area contributed by atoms with Crippen molar-refractivity contribution in [2.45, 2.75) is 18.7 Å². The Morgan fingerprint density at radius 2 is 1.90 bits per heavy atom. The van der Waals surface area contributed by atoms with Gasteiger partial charge in [0, 0.05) is 10.0 Å². The van der Waals surface area contributed by atoms with Crippen molar-refractivity contribution in [3.8, 4) is 5.75 Å². The topological polar surface area (TPSA) is 9.23 Å². The first-order valence-corrected chi connectivity index (χ1v) is 7.63. The van der Waals surface area contributed by atoms with Crippen LogP contribution in [0.5, 0.6) is 5.75 Å². The third-order valence-electron chi connectivity index (χ3n) is 2.85. The van der Waals surface area contributed by atoms with Gasteiger partial charge in [-0.3, -0.25) is 0 Å². The van der Waals surface area contributed by atoms with Crippen molar-refractivity contribution in [2.24, 2.45) is 0 Å². The van der Waals surface area contributed by atoms with Crippen molar-refractivity contribution >= 4 is 34.8 Å². The van der Waals surface area contributed by atoms with Crippen LogP contribution in [0, 0.1) is 0 Å². The molecule has 0 bridgehead atoms. The number of hydrogen-bond acceptors (Lipinski definition) is 1. The van der Waals surface area contributed by atoms with Crippen molar-refractivity contribution in [3.05, 3.63) is 63.6 Å². The number of benzene rings is 2.